The number of anilines is 1. The van der Waals surface area contributed by atoms with Crippen LogP contribution in [-0.2, 0) is 4.79 Å². The molecule has 0 radical (unpaired) electrons. The summed E-state index contributed by atoms with van der Waals surface area (Å²) < 4.78 is 5.48. The van der Waals surface area contributed by atoms with Gasteiger partial charge in [-0.05, 0) is 37.1 Å². The molecule has 1 amide bonds. The largest absolute Gasteiger partial charge is 0.494 e. The number of aryl methyl sites for hydroxylation is 1. The van der Waals surface area contributed by atoms with Crippen LogP contribution in [0.3, 0.4) is 0 Å². The van der Waals surface area contributed by atoms with E-state index in [2.05, 4.69) is 12.2 Å². The zero-order chi connectivity index (χ0) is 12.0. The number of nitrogens with one attached hydrogen (secondary N) is 1. The Morgan fingerprint density at radius 3 is 2.71 bits per heavy atom. The summed E-state index contributed by atoms with van der Waals surface area (Å²) in [4.78, 5) is 11.1. The number of benzene rings is 1. The van der Waals surface area contributed by atoms with Gasteiger partial charge in [0.15, 0.2) is 0 Å². The second-order valence-corrected chi connectivity index (χ2v) is 3.58. The van der Waals surface area contributed by atoms with Crippen molar-refractivity contribution in [3.8, 4) is 5.75 Å². The van der Waals surface area contributed by atoms with Gasteiger partial charge in [-0.3, -0.25) is 4.79 Å². The van der Waals surface area contributed by atoms with Crippen molar-refractivity contribution in [3.05, 3.63) is 23.8 Å². The smallest absolute Gasteiger partial charge is 0.238 e. The fraction of sp³-hybridized carbons (Fsp3) is 0.417. The number of ether oxygens (including phenoxy) is 1. The molecule has 0 saturated heterocycles. The van der Waals surface area contributed by atoms with E-state index in [0.717, 1.165) is 23.4 Å². The SMILES string of the molecule is CCCOc1ccc(NC(=O)CN)c(C)c1.Cl. The van der Waals surface area contributed by atoms with Crippen LogP contribution in [-0.4, -0.2) is 19.1 Å². The first-order valence-electron chi connectivity index (χ1n) is 5.40. The van der Waals surface area contributed by atoms with Gasteiger partial charge >= 0.3 is 0 Å². The molecule has 4 nitrogen and oxygen atoms in total. The maximum atomic E-state index is 11.1. The van der Waals surface area contributed by atoms with Gasteiger partial charge in [-0.15, -0.1) is 12.4 Å². The third-order valence-corrected chi connectivity index (χ3v) is 2.13. The molecule has 1 aromatic carbocycles. The predicted molar refractivity (Wildman–Crippen MR) is 71.9 cm³/mol. The van der Waals surface area contributed by atoms with Crippen LogP contribution in [0.5, 0.6) is 5.75 Å². The average Bonchev–Trinajstić information content (AvgIpc) is 2.29. The number of carbonyl (C=O) groups excluding carboxylic acids is 1. The van der Waals surface area contributed by atoms with Crippen LogP contribution >= 0.6 is 12.4 Å². The highest BCUT2D eigenvalue weighted by atomic mass is 35.5. The molecule has 0 fully saturated rings. The topological polar surface area (TPSA) is 64.3 Å². The fourth-order valence-electron chi connectivity index (χ4n) is 1.29. The van der Waals surface area contributed by atoms with Crippen LogP contribution in [0.25, 0.3) is 0 Å². The standard InChI is InChI=1S/C12H18N2O2.ClH/c1-3-6-16-10-4-5-11(9(2)7-10)14-12(15)8-13;/h4-5,7H,3,6,8,13H2,1-2H3,(H,14,15);1H. The summed E-state index contributed by atoms with van der Waals surface area (Å²) in [6.07, 6.45) is 0.977. The zero-order valence-electron chi connectivity index (χ0n) is 10.2. The Labute approximate surface area is 108 Å². The summed E-state index contributed by atoms with van der Waals surface area (Å²) in [5.74, 6) is 0.635. The summed E-state index contributed by atoms with van der Waals surface area (Å²) in [6, 6.07) is 5.57. The molecule has 5 heteroatoms. The number of hydrogen-bond acceptors (Lipinski definition) is 3. The molecule has 96 valence electrons. The number of carbonyl (C=O) groups is 1. The van der Waals surface area contributed by atoms with Crippen molar-refractivity contribution in [3.63, 3.8) is 0 Å². The third kappa shape index (κ3) is 5.06. The first-order valence-corrected chi connectivity index (χ1v) is 5.40. The van der Waals surface area contributed by atoms with Gasteiger partial charge in [0.2, 0.25) is 5.91 Å². The number of hydrogen-bond donors (Lipinski definition) is 2. The maximum Gasteiger partial charge on any atom is 0.238 e. The fourth-order valence-corrected chi connectivity index (χ4v) is 1.29. The molecule has 0 aromatic heterocycles. The Kier molecular flexibility index (Phi) is 7.34. The highest BCUT2D eigenvalue weighted by Crippen LogP contribution is 2.21. The molecule has 0 unspecified atom stereocenters. The molecule has 3 N–H and O–H groups in total. The molecule has 0 bridgehead atoms. The molecule has 0 spiro atoms. The molecule has 17 heavy (non-hydrogen) atoms. The minimum atomic E-state index is -0.190. The Balaban J connectivity index is 0.00000256. The van der Waals surface area contributed by atoms with E-state index in [1.165, 1.54) is 0 Å². The molecule has 1 rings (SSSR count). The number of nitrogens with two attached hydrogens (primary N) is 1. The maximum absolute atomic E-state index is 11.1. The van der Waals surface area contributed by atoms with E-state index in [0.29, 0.717) is 6.61 Å². The van der Waals surface area contributed by atoms with Crippen molar-refractivity contribution in [2.75, 3.05) is 18.5 Å². The lowest BCUT2D eigenvalue weighted by atomic mass is 10.2. The zero-order valence-corrected chi connectivity index (χ0v) is 11.0. The van der Waals surface area contributed by atoms with E-state index in [1.807, 2.05) is 25.1 Å². The summed E-state index contributed by atoms with van der Waals surface area (Å²) in [5, 5.41) is 2.72. The highest BCUT2D eigenvalue weighted by molar-refractivity contribution is 5.92. The lowest BCUT2D eigenvalue weighted by Gasteiger charge is -2.10. The third-order valence-electron chi connectivity index (χ3n) is 2.13. The van der Waals surface area contributed by atoms with Crippen LogP contribution in [0.1, 0.15) is 18.9 Å². The van der Waals surface area contributed by atoms with Crippen molar-refractivity contribution in [1.29, 1.82) is 0 Å². The lowest BCUT2D eigenvalue weighted by Crippen LogP contribution is -2.22. The minimum Gasteiger partial charge on any atom is -0.494 e. The number of halogens is 1. The number of rotatable bonds is 5. The number of amides is 1. The molecular formula is C12H19ClN2O2. The molecule has 0 saturated carbocycles. The summed E-state index contributed by atoms with van der Waals surface area (Å²) >= 11 is 0. The van der Waals surface area contributed by atoms with Gasteiger partial charge in [0, 0.05) is 5.69 Å². The van der Waals surface area contributed by atoms with E-state index in [9.17, 15) is 4.79 Å². The van der Waals surface area contributed by atoms with Crippen LogP contribution < -0.4 is 15.8 Å². The van der Waals surface area contributed by atoms with Gasteiger partial charge in [0.25, 0.3) is 0 Å². The van der Waals surface area contributed by atoms with Gasteiger partial charge in [0.05, 0.1) is 13.2 Å². The highest BCUT2D eigenvalue weighted by Gasteiger charge is 2.03. The van der Waals surface area contributed by atoms with Gasteiger partial charge in [-0.2, -0.15) is 0 Å². The van der Waals surface area contributed by atoms with Crippen molar-refractivity contribution >= 4 is 24.0 Å². The van der Waals surface area contributed by atoms with E-state index in [1.54, 1.807) is 0 Å². The molecule has 0 atom stereocenters. The molecule has 0 aliphatic rings. The average molecular weight is 259 g/mol. The van der Waals surface area contributed by atoms with E-state index in [-0.39, 0.29) is 24.9 Å². The van der Waals surface area contributed by atoms with Gasteiger partial charge in [-0.1, -0.05) is 6.92 Å². The first-order chi connectivity index (χ1) is 7.67. The van der Waals surface area contributed by atoms with E-state index < -0.39 is 0 Å². The molecule has 0 aliphatic carbocycles. The quantitative estimate of drug-likeness (QED) is 0.850. The minimum absolute atomic E-state index is 0. The van der Waals surface area contributed by atoms with Crippen molar-refractivity contribution in [2.24, 2.45) is 5.73 Å². The molecule has 0 aliphatic heterocycles. The van der Waals surface area contributed by atoms with Crippen molar-refractivity contribution < 1.29 is 9.53 Å². The van der Waals surface area contributed by atoms with Crippen LogP contribution in [0.15, 0.2) is 18.2 Å². The normalized spacial score (nSPS) is 9.35. The molecular weight excluding hydrogens is 240 g/mol. The van der Waals surface area contributed by atoms with Gasteiger partial charge < -0.3 is 15.8 Å². The second-order valence-electron chi connectivity index (χ2n) is 3.58. The first kappa shape index (κ1) is 15.7. The Bertz CT molecular complexity index is 370. The Hall–Kier alpha value is -1.26. The Morgan fingerprint density at radius 2 is 2.18 bits per heavy atom. The summed E-state index contributed by atoms with van der Waals surface area (Å²) in [6.45, 7) is 4.68. The summed E-state index contributed by atoms with van der Waals surface area (Å²) in [7, 11) is 0. The Morgan fingerprint density at radius 1 is 1.47 bits per heavy atom. The van der Waals surface area contributed by atoms with Gasteiger partial charge in [0.1, 0.15) is 5.75 Å². The predicted octanol–water partition coefficient (Wildman–Crippen LogP) is 2.10. The van der Waals surface area contributed by atoms with E-state index in [4.69, 9.17) is 10.5 Å². The monoisotopic (exact) mass is 258 g/mol. The molecule has 0 heterocycles. The second kappa shape index (κ2) is 7.92. The van der Waals surface area contributed by atoms with Crippen molar-refractivity contribution in [1.82, 2.24) is 0 Å². The van der Waals surface area contributed by atoms with Crippen molar-refractivity contribution in [2.45, 2.75) is 20.3 Å². The van der Waals surface area contributed by atoms with Crippen LogP contribution in [0, 0.1) is 6.92 Å². The lowest BCUT2D eigenvalue weighted by molar-refractivity contribution is -0.114. The van der Waals surface area contributed by atoms with Gasteiger partial charge in [-0.25, -0.2) is 0 Å². The summed E-state index contributed by atoms with van der Waals surface area (Å²) in [5.41, 5.74) is 6.97. The van der Waals surface area contributed by atoms with Crippen LogP contribution in [0.4, 0.5) is 5.69 Å². The van der Waals surface area contributed by atoms with E-state index >= 15 is 0 Å². The van der Waals surface area contributed by atoms with Crippen LogP contribution in [0.2, 0.25) is 0 Å². The molecule has 1 aromatic rings.